The van der Waals surface area contributed by atoms with Gasteiger partial charge in [-0.15, -0.1) is 0 Å². The summed E-state index contributed by atoms with van der Waals surface area (Å²) in [6.45, 7) is 6.55. The van der Waals surface area contributed by atoms with Gasteiger partial charge >= 0.3 is 0 Å². The summed E-state index contributed by atoms with van der Waals surface area (Å²) in [5, 5.41) is 3.71. The van der Waals surface area contributed by atoms with E-state index in [1.54, 1.807) is 0 Å². The van der Waals surface area contributed by atoms with E-state index >= 15 is 0 Å². The molecule has 1 N–H and O–H groups in total. The first-order chi connectivity index (χ1) is 11.3. The number of nitrogens with one attached hydrogen (secondary N) is 1. The summed E-state index contributed by atoms with van der Waals surface area (Å²) in [5.74, 6) is 3.70. The van der Waals surface area contributed by atoms with Crippen molar-refractivity contribution >= 4 is 5.95 Å². The summed E-state index contributed by atoms with van der Waals surface area (Å²) in [5.41, 5.74) is 1.18. The van der Waals surface area contributed by atoms with Crippen LogP contribution < -0.4 is 10.2 Å². The Morgan fingerprint density at radius 3 is 2.65 bits per heavy atom. The zero-order chi connectivity index (χ0) is 15.6. The number of rotatable bonds is 5. The zero-order valence-electron chi connectivity index (χ0n) is 14.1. The van der Waals surface area contributed by atoms with Gasteiger partial charge in [-0.3, -0.25) is 0 Å². The van der Waals surface area contributed by atoms with E-state index < -0.39 is 0 Å². The summed E-state index contributed by atoms with van der Waals surface area (Å²) in [4.78, 5) is 11.3. The SMILES string of the molecule is CC(NCc1cnc(N2CCOCC2)nc1)C1CC2CCC1C2. The Kier molecular flexibility index (Phi) is 4.49. The van der Waals surface area contributed by atoms with E-state index in [9.17, 15) is 0 Å². The first-order valence-corrected chi connectivity index (χ1v) is 9.16. The van der Waals surface area contributed by atoms with Gasteiger partial charge in [-0.1, -0.05) is 6.42 Å². The first kappa shape index (κ1) is 15.3. The van der Waals surface area contributed by atoms with E-state index in [0.717, 1.165) is 56.6 Å². The number of morpholine rings is 1. The van der Waals surface area contributed by atoms with Gasteiger partial charge in [0.05, 0.1) is 13.2 Å². The molecule has 1 aromatic heterocycles. The largest absolute Gasteiger partial charge is 0.378 e. The molecule has 1 aromatic rings. The Hall–Kier alpha value is -1.20. The molecule has 0 aromatic carbocycles. The molecule has 2 saturated carbocycles. The van der Waals surface area contributed by atoms with Crippen molar-refractivity contribution in [2.24, 2.45) is 17.8 Å². The van der Waals surface area contributed by atoms with E-state index in [4.69, 9.17) is 4.74 Å². The Balaban J connectivity index is 1.29. The van der Waals surface area contributed by atoms with Crippen LogP contribution in [0, 0.1) is 17.8 Å². The average Bonchev–Trinajstić information content (AvgIpc) is 3.24. The molecule has 2 heterocycles. The highest BCUT2D eigenvalue weighted by molar-refractivity contribution is 5.30. The van der Waals surface area contributed by atoms with Crippen molar-refractivity contribution in [3.63, 3.8) is 0 Å². The lowest BCUT2D eigenvalue weighted by atomic mass is 9.84. The molecule has 1 aliphatic heterocycles. The van der Waals surface area contributed by atoms with E-state index in [1.807, 2.05) is 12.4 Å². The van der Waals surface area contributed by atoms with Crippen LogP contribution in [0.15, 0.2) is 12.4 Å². The predicted octanol–water partition coefficient (Wildman–Crippen LogP) is 2.23. The smallest absolute Gasteiger partial charge is 0.225 e. The number of nitrogens with zero attached hydrogens (tertiary/aromatic N) is 3. The molecule has 4 unspecified atom stereocenters. The molecule has 23 heavy (non-hydrogen) atoms. The van der Waals surface area contributed by atoms with Gasteiger partial charge in [0, 0.05) is 43.6 Å². The van der Waals surface area contributed by atoms with Crippen LogP contribution in [0.25, 0.3) is 0 Å². The fourth-order valence-electron chi connectivity index (χ4n) is 4.70. The van der Waals surface area contributed by atoms with Crippen molar-refractivity contribution in [2.75, 3.05) is 31.2 Å². The molecule has 0 spiro atoms. The summed E-state index contributed by atoms with van der Waals surface area (Å²) in [7, 11) is 0. The van der Waals surface area contributed by atoms with Crippen LogP contribution in [0.5, 0.6) is 0 Å². The molecular formula is C18H28N4O. The highest BCUT2D eigenvalue weighted by atomic mass is 16.5. The summed E-state index contributed by atoms with van der Waals surface area (Å²) < 4.78 is 5.37. The molecule has 5 nitrogen and oxygen atoms in total. The minimum Gasteiger partial charge on any atom is -0.378 e. The van der Waals surface area contributed by atoms with Gasteiger partial charge in [-0.2, -0.15) is 0 Å². The number of anilines is 1. The lowest BCUT2D eigenvalue weighted by Crippen LogP contribution is -2.37. The molecule has 4 rings (SSSR count). The van der Waals surface area contributed by atoms with E-state index in [1.165, 1.54) is 31.2 Å². The normalized spacial score (nSPS) is 31.5. The molecule has 3 fully saturated rings. The molecule has 0 amide bonds. The first-order valence-electron chi connectivity index (χ1n) is 9.16. The lowest BCUT2D eigenvalue weighted by Gasteiger charge is -2.29. The molecule has 2 aliphatic carbocycles. The molecule has 0 radical (unpaired) electrons. The molecule has 2 bridgehead atoms. The third-order valence-electron chi connectivity index (χ3n) is 6.05. The monoisotopic (exact) mass is 316 g/mol. The van der Waals surface area contributed by atoms with Crippen LogP contribution in [0.2, 0.25) is 0 Å². The second kappa shape index (κ2) is 6.73. The molecule has 1 saturated heterocycles. The van der Waals surface area contributed by atoms with Gasteiger partial charge in [0.15, 0.2) is 0 Å². The highest BCUT2D eigenvalue weighted by Crippen LogP contribution is 2.49. The second-order valence-electron chi connectivity index (χ2n) is 7.50. The van der Waals surface area contributed by atoms with Gasteiger partial charge < -0.3 is 15.0 Å². The van der Waals surface area contributed by atoms with Crippen LogP contribution in [0.4, 0.5) is 5.95 Å². The van der Waals surface area contributed by atoms with Crippen LogP contribution in [-0.4, -0.2) is 42.3 Å². The standard InChI is InChI=1S/C18H28N4O/c1-13(17-9-14-2-3-16(17)8-14)19-10-15-11-20-18(21-12-15)22-4-6-23-7-5-22/h11-14,16-17,19H,2-10H2,1H3. The van der Waals surface area contributed by atoms with Gasteiger partial charge in [0.1, 0.15) is 0 Å². The molecule has 5 heteroatoms. The summed E-state index contributed by atoms with van der Waals surface area (Å²) in [6, 6.07) is 0.601. The fraction of sp³-hybridized carbons (Fsp3) is 0.778. The Morgan fingerprint density at radius 2 is 2.00 bits per heavy atom. The van der Waals surface area contributed by atoms with E-state index in [-0.39, 0.29) is 0 Å². The van der Waals surface area contributed by atoms with Crippen LogP contribution in [-0.2, 0) is 11.3 Å². The van der Waals surface area contributed by atoms with Crippen molar-refractivity contribution in [1.29, 1.82) is 0 Å². The minimum absolute atomic E-state index is 0.601. The molecule has 126 valence electrons. The van der Waals surface area contributed by atoms with Gasteiger partial charge in [0.25, 0.3) is 0 Å². The maximum atomic E-state index is 5.37. The molecular weight excluding hydrogens is 288 g/mol. The van der Waals surface area contributed by atoms with Crippen LogP contribution in [0.3, 0.4) is 0 Å². The van der Waals surface area contributed by atoms with Crippen LogP contribution in [0.1, 0.15) is 38.2 Å². The van der Waals surface area contributed by atoms with E-state index in [2.05, 4.69) is 27.1 Å². The van der Waals surface area contributed by atoms with Crippen molar-refractivity contribution < 1.29 is 4.74 Å². The highest BCUT2D eigenvalue weighted by Gasteiger charge is 2.41. The topological polar surface area (TPSA) is 50.3 Å². The van der Waals surface area contributed by atoms with Gasteiger partial charge in [0.2, 0.25) is 5.95 Å². The number of aromatic nitrogens is 2. The van der Waals surface area contributed by atoms with Crippen molar-refractivity contribution in [1.82, 2.24) is 15.3 Å². The van der Waals surface area contributed by atoms with Crippen LogP contribution >= 0.6 is 0 Å². The number of ether oxygens (including phenoxy) is 1. The van der Waals surface area contributed by atoms with Gasteiger partial charge in [-0.25, -0.2) is 9.97 Å². The predicted molar refractivity (Wildman–Crippen MR) is 90.3 cm³/mol. The average molecular weight is 316 g/mol. The minimum atomic E-state index is 0.601. The number of hydrogen-bond donors (Lipinski definition) is 1. The summed E-state index contributed by atoms with van der Waals surface area (Å²) >= 11 is 0. The van der Waals surface area contributed by atoms with Crippen molar-refractivity contribution in [2.45, 2.75) is 45.2 Å². The quantitative estimate of drug-likeness (QED) is 0.903. The van der Waals surface area contributed by atoms with E-state index in [0.29, 0.717) is 6.04 Å². The Morgan fingerprint density at radius 1 is 1.22 bits per heavy atom. The third kappa shape index (κ3) is 3.36. The Labute approximate surface area is 138 Å². The molecule has 4 atom stereocenters. The maximum Gasteiger partial charge on any atom is 0.225 e. The zero-order valence-corrected chi connectivity index (χ0v) is 14.1. The van der Waals surface area contributed by atoms with Crippen molar-refractivity contribution in [3.8, 4) is 0 Å². The molecule has 3 aliphatic rings. The summed E-state index contributed by atoms with van der Waals surface area (Å²) in [6.07, 6.45) is 9.79. The second-order valence-corrected chi connectivity index (χ2v) is 7.50. The van der Waals surface area contributed by atoms with Crippen molar-refractivity contribution in [3.05, 3.63) is 18.0 Å². The Bertz CT molecular complexity index is 514. The third-order valence-corrected chi connectivity index (χ3v) is 6.05. The lowest BCUT2D eigenvalue weighted by molar-refractivity contribution is 0.122. The van der Waals surface area contributed by atoms with Gasteiger partial charge in [-0.05, 0) is 43.9 Å². The number of hydrogen-bond acceptors (Lipinski definition) is 5. The fourth-order valence-corrected chi connectivity index (χ4v) is 4.70. The maximum absolute atomic E-state index is 5.37. The number of fused-ring (bicyclic) bond motifs is 2.